The third-order valence-corrected chi connectivity index (χ3v) is 4.77. The molecule has 1 aliphatic rings. The predicted octanol–water partition coefficient (Wildman–Crippen LogP) is 4.01. The highest BCUT2D eigenvalue weighted by molar-refractivity contribution is 5.85. The summed E-state index contributed by atoms with van der Waals surface area (Å²) in [5.41, 5.74) is 6.21. The normalized spacial score (nSPS) is 21.7. The number of benzene rings is 2. The molecule has 2 aromatic rings. The molecule has 5 heteroatoms. The van der Waals surface area contributed by atoms with Crippen molar-refractivity contribution in [1.29, 1.82) is 0 Å². The van der Waals surface area contributed by atoms with E-state index in [2.05, 4.69) is 66.7 Å². The molecule has 1 N–H and O–H groups in total. The largest absolute Gasteiger partial charge is 0.497 e. The Labute approximate surface area is 162 Å². The number of morpholine rings is 1. The molecule has 4 nitrogen and oxygen atoms in total. The van der Waals surface area contributed by atoms with Gasteiger partial charge in [-0.2, -0.15) is 0 Å². The molecular formula is C21H29ClN2O2. The lowest BCUT2D eigenvalue weighted by Gasteiger charge is -2.41. The quantitative estimate of drug-likeness (QED) is 0.825. The molecule has 0 aliphatic carbocycles. The van der Waals surface area contributed by atoms with Crippen molar-refractivity contribution in [3.8, 4) is 5.75 Å². The van der Waals surface area contributed by atoms with Gasteiger partial charge in [0.1, 0.15) is 5.75 Å². The van der Waals surface area contributed by atoms with Crippen molar-refractivity contribution in [2.75, 3.05) is 20.3 Å². The van der Waals surface area contributed by atoms with Gasteiger partial charge in [-0.05, 0) is 43.5 Å². The summed E-state index contributed by atoms with van der Waals surface area (Å²) in [6, 6.07) is 19.4. The van der Waals surface area contributed by atoms with Gasteiger partial charge in [-0.3, -0.25) is 5.43 Å². The number of halogens is 1. The highest BCUT2D eigenvalue weighted by Crippen LogP contribution is 2.28. The number of nitrogens with one attached hydrogen (secondary N) is 1. The van der Waals surface area contributed by atoms with Gasteiger partial charge in [-0.15, -0.1) is 12.4 Å². The van der Waals surface area contributed by atoms with Gasteiger partial charge in [0.25, 0.3) is 0 Å². The second kappa shape index (κ2) is 9.93. The summed E-state index contributed by atoms with van der Waals surface area (Å²) >= 11 is 0. The van der Waals surface area contributed by atoms with E-state index >= 15 is 0 Å². The van der Waals surface area contributed by atoms with Crippen LogP contribution in [0.4, 0.5) is 0 Å². The molecule has 0 aromatic heterocycles. The van der Waals surface area contributed by atoms with Crippen LogP contribution in [-0.2, 0) is 11.2 Å². The van der Waals surface area contributed by atoms with Crippen molar-refractivity contribution in [2.45, 2.75) is 38.5 Å². The molecule has 3 atom stereocenters. The third kappa shape index (κ3) is 5.21. The zero-order valence-corrected chi connectivity index (χ0v) is 16.5. The molecule has 1 aliphatic heterocycles. The molecule has 0 bridgehead atoms. The molecule has 142 valence electrons. The molecule has 0 saturated carbocycles. The first-order valence-corrected chi connectivity index (χ1v) is 8.99. The van der Waals surface area contributed by atoms with Crippen LogP contribution in [0.2, 0.25) is 0 Å². The lowest BCUT2D eigenvalue weighted by Crippen LogP contribution is -2.55. The number of methoxy groups -OCH3 is 1. The SMILES string of the molecule is COc1ccc(C2OCCN(NC(C)Cc3ccccc3)C2C)cc1.Cl. The van der Waals surface area contributed by atoms with Crippen LogP contribution in [0.15, 0.2) is 54.6 Å². The molecule has 1 saturated heterocycles. The van der Waals surface area contributed by atoms with Crippen LogP contribution in [-0.4, -0.2) is 37.4 Å². The fourth-order valence-electron chi connectivity index (χ4n) is 3.43. The minimum atomic E-state index is 0. The van der Waals surface area contributed by atoms with Crippen LogP contribution < -0.4 is 10.2 Å². The Morgan fingerprint density at radius 1 is 1.15 bits per heavy atom. The Morgan fingerprint density at radius 2 is 1.85 bits per heavy atom. The fourth-order valence-corrected chi connectivity index (χ4v) is 3.43. The molecule has 1 heterocycles. The van der Waals surface area contributed by atoms with E-state index in [1.807, 2.05) is 12.1 Å². The summed E-state index contributed by atoms with van der Waals surface area (Å²) in [4.78, 5) is 0. The second-order valence-corrected chi connectivity index (χ2v) is 6.72. The van der Waals surface area contributed by atoms with Gasteiger partial charge in [0.2, 0.25) is 0 Å². The van der Waals surface area contributed by atoms with Crippen LogP contribution in [0.25, 0.3) is 0 Å². The average molecular weight is 377 g/mol. The van der Waals surface area contributed by atoms with Gasteiger partial charge in [0.05, 0.1) is 25.9 Å². The minimum Gasteiger partial charge on any atom is -0.497 e. The molecule has 0 radical (unpaired) electrons. The minimum absolute atomic E-state index is 0. The molecular weight excluding hydrogens is 348 g/mol. The zero-order valence-electron chi connectivity index (χ0n) is 15.7. The first-order valence-electron chi connectivity index (χ1n) is 8.99. The zero-order chi connectivity index (χ0) is 17.6. The summed E-state index contributed by atoms with van der Waals surface area (Å²) in [5, 5.41) is 2.33. The molecule has 3 rings (SSSR count). The van der Waals surface area contributed by atoms with E-state index < -0.39 is 0 Å². The van der Waals surface area contributed by atoms with Gasteiger partial charge in [-0.25, -0.2) is 5.01 Å². The Kier molecular flexibility index (Phi) is 7.91. The van der Waals surface area contributed by atoms with Crippen LogP contribution >= 0.6 is 12.4 Å². The summed E-state index contributed by atoms with van der Waals surface area (Å²) in [7, 11) is 1.69. The topological polar surface area (TPSA) is 33.7 Å². The molecule has 26 heavy (non-hydrogen) atoms. The second-order valence-electron chi connectivity index (χ2n) is 6.72. The van der Waals surface area contributed by atoms with Crippen LogP contribution in [0, 0.1) is 0 Å². The monoisotopic (exact) mass is 376 g/mol. The summed E-state index contributed by atoms with van der Waals surface area (Å²) in [6.07, 6.45) is 1.08. The summed E-state index contributed by atoms with van der Waals surface area (Å²) < 4.78 is 11.3. The van der Waals surface area contributed by atoms with E-state index in [0.717, 1.165) is 25.3 Å². The van der Waals surface area contributed by atoms with Gasteiger partial charge < -0.3 is 9.47 Å². The summed E-state index contributed by atoms with van der Waals surface area (Å²) in [6.45, 7) is 6.08. The smallest absolute Gasteiger partial charge is 0.118 e. The summed E-state index contributed by atoms with van der Waals surface area (Å²) in [5.74, 6) is 0.874. The number of ether oxygens (including phenoxy) is 2. The first-order chi connectivity index (χ1) is 12.2. The van der Waals surface area contributed by atoms with Crippen molar-refractivity contribution in [2.24, 2.45) is 0 Å². The fraction of sp³-hybridized carbons (Fsp3) is 0.429. The molecule has 0 amide bonds. The van der Waals surface area contributed by atoms with Gasteiger partial charge in [0, 0.05) is 12.6 Å². The van der Waals surface area contributed by atoms with E-state index in [1.165, 1.54) is 11.1 Å². The lowest BCUT2D eigenvalue weighted by atomic mass is 10.0. The number of rotatable bonds is 6. The molecule has 2 aromatic carbocycles. The van der Waals surface area contributed by atoms with Crippen molar-refractivity contribution in [3.63, 3.8) is 0 Å². The van der Waals surface area contributed by atoms with Crippen molar-refractivity contribution < 1.29 is 9.47 Å². The standard InChI is InChI=1S/C21H28N2O2.ClH/c1-16(15-18-7-5-4-6-8-18)22-23-13-14-25-21(17(23)2)19-9-11-20(24-3)12-10-19;/h4-12,16-17,21-22H,13-15H2,1-3H3;1H. The molecule has 3 unspecified atom stereocenters. The van der Waals surface area contributed by atoms with Crippen molar-refractivity contribution in [1.82, 2.24) is 10.4 Å². The Bertz CT molecular complexity index is 651. The van der Waals surface area contributed by atoms with E-state index in [4.69, 9.17) is 9.47 Å². The highest BCUT2D eigenvalue weighted by Gasteiger charge is 2.30. The van der Waals surface area contributed by atoms with E-state index in [-0.39, 0.29) is 24.6 Å². The lowest BCUT2D eigenvalue weighted by molar-refractivity contribution is -0.0913. The maximum Gasteiger partial charge on any atom is 0.118 e. The van der Waals surface area contributed by atoms with Crippen molar-refractivity contribution >= 4 is 12.4 Å². The van der Waals surface area contributed by atoms with Crippen LogP contribution in [0.1, 0.15) is 31.1 Å². The van der Waals surface area contributed by atoms with E-state index in [0.29, 0.717) is 6.04 Å². The number of hydrogen-bond acceptors (Lipinski definition) is 4. The van der Waals surface area contributed by atoms with Gasteiger partial charge in [0.15, 0.2) is 0 Å². The highest BCUT2D eigenvalue weighted by atomic mass is 35.5. The predicted molar refractivity (Wildman–Crippen MR) is 108 cm³/mol. The van der Waals surface area contributed by atoms with Crippen molar-refractivity contribution in [3.05, 3.63) is 65.7 Å². The Hall–Kier alpha value is -1.59. The average Bonchev–Trinajstić information content (AvgIpc) is 2.64. The maximum atomic E-state index is 6.06. The Balaban J connectivity index is 0.00000243. The number of nitrogens with zero attached hydrogens (tertiary/aromatic N) is 1. The van der Waals surface area contributed by atoms with Gasteiger partial charge >= 0.3 is 0 Å². The number of hydrazine groups is 1. The number of hydrogen-bond donors (Lipinski definition) is 1. The third-order valence-electron chi connectivity index (χ3n) is 4.77. The molecule has 0 spiro atoms. The Morgan fingerprint density at radius 3 is 2.50 bits per heavy atom. The maximum absolute atomic E-state index is 6.06. The molecule has 1 fully saturated rings. The van der Waals surface area contributed by atoms with E-state index in [1.54, 1.807) is 7.11 Å². The first kappa shape index (κ1) is 20.7. The van der Waals surface area contributed by atoms with E-state index in [9.17, 15) is 0 Å². The van der Waals surface area contributed by atoms with Crippen LogP contribution in [0.5, 0.6) is 5.75 Å². The van der Waals surface area contributed by atoms with Gasteiger partial charge in [-0.1, -0.05) is 42.5 Å². The van der Waals surface area contributed by atoms with Crippen LogP contribution in [0.3, 0.4) is 0 Å².